The van der Waals surface area contributed by atoms with Gasteiger partial charge in [0.15, 0.2) is 0 Å². The summed E-state index contributed by atoms with van der Waals surface area (Å²) in [6, 6.07) is 24.2. The number of nitrogens with zero attached hydrogens (tertiary/aromatic N) is 2. The number of carboxylic acid groups (broad SMARTS) is 1. The third kappa shape index (κ3) is 12.1. The summed E-state index contributed by atoms with van der Waals surface area (Å²) in [5.41, 5.74) is 8.84. The van der Waals surface area contributed by atoms with Crippen LogP contribution in [-0.2, 0) is 30.3 Å². The Labute approximate surface area is 397 Å². The molecule has 4 N–H and O–H groups in total. The lowest BCUT2D eigenvalue weighted by molar-refractivity contribution is -0.125. The number of aryl methyl sites for hydroxylation is 1. The summed E-state index contributed by atoms with van der Waals surface area (Å²) in [6.45, 7) is 12.0. The van der Waals surface area contributed by atoms with Crippen molar-refractivity contribution < 1.29 is 43.2 Å². The molecule has 68 heavy (non-hydrogen) atoms. The Bertz CT molecular complexity index is 2680. The van der Waals surface area contributed by atoms with E-state index >= 15 is 0 Å². The van der Waals surface area contributed by atoms with Crippen molar-refractivity contribution in [2.45, 2.75) is 53.0 Å². The molecule has 2 aliphatic heterocycles. The van der Waals surface area contributed by atoms with E-state index in [1.807, 2.05) is 88.4 Å². The van der Waals surface area contributed by atoms with Crippen LogP contribution in [0.2, 0.25) is 0 Å². The highest BCUT2D eigenvalue weighted by Crippen LogP contribution is 2.50. The predicted octanol–water partition coefficient (Wildman–Crippen LogP) is 7.19. The van der Waals surface area contributed by atoms with Crippen molar-refractivity contribution in [2.24, 2.45) is 10.9 Å². The van der Waals surface area contributed by atoms with E-state index in [0.717, 1.165) is 57.0 Å². The maximum atomic E-state index is 13.4. The number of aliphatic imine (C=N–C) groups is 1. The van der Waals surface area contributed by atoms with E-state index in [9.17, 15) is 24.3 Å². The standard InChI is InChI=1S/C54H59N5O9/c1-5-55-45-32-48-43(29-35(45)3)52(44-30-36(4)46(56-6-2)33-49(44)68-48)41-18-17-39(31-42(41)54(63)64)53(62)58-22-24-66-26-28-67-27-25-65-23-21-57-50(60)19-20-51(61)59-34-40-13-8-7-11-37(40)15-16-38-12-9-10-14-47(38)59/h7-14,17-18,29-33,43,52,56H,5-6,19-28,34H2,1-4H3,(H,57,60)(H,58,62)(H,63,64). The number of aromatic carboxylic acids is 1. The largest absolute Gasteiger partial charge is 0.478 e. The summed E-state index contributed by atoms with van der Waals surface area (Å²) in [5.74, 6) is 5.14. The summed E-state index contributed by atoms with van der Waals surface area (Å²) in [5, 5.41) is 19.5. The first kappa shape index (κ1) is 48.9. The van der Waals surface area contributed by atoms with Crippen LogP contribution in [0.1, 0.15) is 93.6 Å². The van der Waals surface area contributed by atoms with E-state index < -0.39 is 11.9 Å². The molecule has 3 amide bonds. The van der Waals surface area contributed by atoms with Gasteiger partial charge in [0, 0.05) is 90.9 Å². The van der Waals surface area contributed by atoms with Crippen LogP contribution in [0.5, 0.6) is 5.75 Å². The zero-order valence-electron chi connectivity index (χ0n) is 39.1. The number of fused-ring (bicyclic) bond motifs is 4. The normalized spacial score (nSPS) is 16.2. The number of anilines is 2. The van der Waals surface area contributed by atoms with Gasteiger partial charge >= 0.3 is 5.97 Å². The molecular formula is C54H59N5O9. The molecule has 0 bridgehead atoms. The lowest BCUT2D eigenvalue weighted by Crippen LogP contribution is -2.34. The molecule has 2 atom stereocenters. The number of benzene rings is 4. The van der Waals surface area contributed by atoms with E-state index in [1.165, 1.54) is 6.07 Å². The molecule has 0 saturated heterocycles. The van der Waals surface area contributed by atoms with Gasteiger partial charge in [-0.25, -0.2) is 4.79 Å². The maximum Gasteiger partial charge on any atom is 0.336 e. The van der Waals surface area contributed by atoms with Crippen LogP contribution in [0.25, 0.3) is 0 Å². The van der Waals surface area contributed by atoms with Gasteiger partial charge in [-0.3, -0.25) is 19.4 Å². The minimum atomic E-state index is -1.13. The molecule has 0 aromatic heterocycles. The number of carbonyl (C=O) groups is 4. The van der Waals surface area contributed by atoms with E-state index in [-0.39, 0.29) is 67.4 Å². The molecule has 0 spiro atoms. The molecule has 3 aliphatic rings. The number of amides is 3. The van der Waals surface area contributed by atoms with Gasteiger partial charge in [-0.2, -0.15) is 0 Å². The van der Waals surface area contributed by atoms with Gasteiger partial charge in [-0.15, -0.1) is 0 Å². The van der Waals surface area contributed by atoms with Crippen LogP contribution in [0.3, 0.4) is 0 Å². The lowest BCUT2D eigenvalue weighted by Gasteiger charge is -2.37. The predicted molar refractivity (Wildman–Crippen MR) is 262 cm³/mol. The van der Waals surface area contributed by atoms with E-state index in [1.54, 1.807) is 17.0 Å². The molecular weight excluding hydrogens is 863 g/mol. The third-order valence-corrected chi connectivity index (χ3v) is 11.9. The number of carbonyl (C=O) groups excluding carboxylic acids is 3. The zero-order valence-corrected chi connectivity index (χ0v) is 39.1. The topological polar surface area (TPSA) is 177 Å². The summed E-state index contributed by atoms with van der Waals surface area (Å²) in [6.07, 6.45) is 4.16. The van der Waals surface area contributed by atoms with E-state index in [2.05, 4.69) is 44.9 Å². The fraction of sp³-hybridized carbons (Fsp3) is 0.352. The molecule has 14 nitrogen and oxygen atoms in total. The van der Waals surface area contributed by atoms with Crippen molar-refractivity contribution in [3.05, 3.63) is 147 Å². The Hall–Kier alpha value is -7.05. The third-order valence-electron chi connectivity index (χ3n) is 11.9. The number of carboxylic acids is 1. The van der Waals surface area contributed by atoms with E-state index in [4.69, 9.17) is 18.9 Å². The number of hydrogen-bond acceptors (Lipinski definition) is 10. The average molecular weight is 922 g/mol. The highest BCUT2D eigenvalue weighted by Gasteiger charge is 2.39. The van der Waals surface area contributed by atoms with E-state index in [0.29, 0.717) is 63.1 Å². The maximum absolute atomic E-state index is 13.4. The highest BCUT2D eigenvalue weighted by molar-refractivity contribution is 6.09. The van der Waals surface area contributed by atoms with Crippen molar-refractivity contribution in [3.8, 4) is 17.6 Å². The monoisotopic (exact) mass is 921 g/mol. The van der Waals surface area contributed by atoms with Crippen LogP contribution < -0.4 is 25.6 Å². The lowest BCUT2D eigenvalue weighted by atomic mass is 9.73. The van der Waals surface area contributed by atoms with Crippen LogP contribution in [0.4, 0.5) is 11.4 Å². The zero-order chi connectivity index (χ0) is 48.0. The number of para-hydroxylation sites is 1. The van der Waals surface area contributed by atoms with Crippen LogP contribution in [0, 0.1) is 24.7 Å². The fourth-order valence-corrected chi connectivity index (χ4v) is 8.53. The highest BCUT2D eigenvalue weighted by atomic mass is 16.5. The number of nitrogens with one attached hydrogen (secondary N) is 3. The Balaban J connectivity index is 0.802. The first-order valence-electron chi connectivity index (χ1n) is 23.2. The summed E-state index contributed by atoms with van der Waals surface area (Å²) >= 11 is 0. The minimum absolute atomic E-state index is 0.0438. The average Bonchev–Trinajstić information content (AvgIpc) is 3.33. The molecule has 0 fully saturated rings. The number of ether oxygens (including phenoxy) is 4. The summed E-state index contributed by atoms with van der Waals surface area (Å²) < 4.78 is 23.3. The quantitative estimate of drug-likeness (QED) is 0.0494. The molecule has 2 heterocycles. The second-order valence-electron chi connectivity index (χ2n) is 16.6. The van der Waals surface area contributed by atoms with Gasteiger partial charge in [0.1, 0.15) is 11.5 Å². The van der Waals surface area contributed by atoms with Gasteiger partial charge in [-0.1, -0.05) is 54.3 Å². The Morgan fingerprint density at radius 1 is 0.809 bits per heavy atom. The van der Waals surface area contributed by atoms with Crippen molar-refractivity contribution in [1.29, 1.82) is 0 Å². The molecule has 0 saturated carbocycles. The molecule has 354 valence electrons. The van der Waals surface area contributed by atoms with Crippen molar-refractivity contribution >= 4 is 40.8 Å². The smallest absolute Gasteiger partial charge is 0.336 e. The molecule has 2 unspecified atom stereocenters. The second kappa shape index (κ2) is 23.6. The number of rotatable bonds is 21. The summed E-state index contributed by atoms with van der Waals surface area (Å²) in [7, 11) is 0. The van der Waals surface area contributed by atoms with Gasteiger partial charge in [-0.05, 0) is 86.4 Å². The Morgan fingerprint density at radius 2 is 1.50 bits per heavy atom. The van der Waals surface area contributed by atoms with Crippen LogP contribution >= 0.6 is 0 Å². The first-order valence-corrected chi connectivity index (χ1v) is 23.2. The van der Waals surface area contributed by atoms with Crippen molar-refractivity contribution in [2.75, 3.05) is 76.0 Å². The van der Waals surface area contributed by atoms with Gasteiger partial charge in [0.25, 0.3) is 5.91 Å². The minimum Gasteiger partial charge on any atom is -0.478 e. The number of hydrogen-bond donors (Lipinski definition) is 4. The molecule has 14 heteroatoms. The molecule has 4 aromatic carbocycles. The van der Waals surface area contributed by atoms with Gasteiger partial charge < -0.3 is 44.9 Å². The fourth-order valence-electron chi connectivity index (χ4n) is 8.53. The van der Waals surface area contributed by atoms with Crippen molar-refractivity contribution in [1.82, 2.24) is 10.6 Å². The van der Waals surface area contributed by atoms with Gasteiger partial charge in [0.2, 0.25) is 11.8 Å². The summed E-state index contributed by atoms with van der Waals surface area (Å²) in [4.78, 5) is 58.4. The molecule has 7 rings (SSSR count). The number of allylic oxidation sites excluding steroid dienone is 3. The van der Waals surface area contributed by atoms with Gasteiger partial charge in [0.05, 0.1) is 63.1 Å². The Kier molecular flexibility index (Phi) is 17.0. The van der Waals surface area contributed by atoms with Crippen molar-refractivity contribution in [3.63, 3.8) is 0 Å². The second-order valence-corrected chi connectivity index (χ2v) is 16.6. The Morgan fingerprint density at radius 3 is 2.24 bits per heavy atom. The van der Waals surface area contributed by atoms with Crippen LogP contribution in [-0.4, -0.2) is 100 Å². The molecule has 0 radical (unpaired) electrons. The first-order chi connectivity index (χ1) is 33.1. The SMILES string of the molecule is CCN=C1C=C2Oc3cc(NCC)c(C)cc3C(c3ccc(C(=O)NCCOCCOCCOCCNC(=O)CCC(=O)N4Cc5ccccc5C#Cc5ccccc54)cc3C(=O)O)C2C=C1C. The van der Waals surface area contributed by atoms with Crippen LogP contribution in [0.15, 0.2) is 107 Å². The molecule has 4 aromatic rings. The molecule has 1 aliphatic carbocycles.